The van der Waals surface area contributed by atoms with Gasteiger partial charge in [0.25, 0.3) is 0 Å². The first-order valence-electron chi connectivity index (χ1n) is 8.10. The molecule has 1 amide bonds. The summed E-state index contributed by atoms with van der Waals surface area (Å²) in [6.07, 6.45) is 1.12. The van der Waals surface area contributed by atoms with Crippen LogP contribution < -0.4 is 5.43 Å². The molecule has 0 bridgehead atoms. The highest BCUT2D eigenvalue weighted by Crippen LogP contribution is 2.40. The number of carbonyl (C=O) groups is 2. The molecular weight excluding hydrogens is 492 g/mol. The molecule has 0 saturated heterocycles. The van der Waals surface area contributed by atoms with Crippen molar-refractivity contribution in [3.05, 3.63) is 68.6 Å². The molecule has 6 nitrogen and oxygen atoms in total. The molecule has 142 valence electrons. The Labute approximate surface area is 177 Å². The number of benzene rings is 3. The summed E-state index contributed by atoms with van der Waals surface area (Å²) in [6, 6.07) is 14.7. The second-order valence-electron chi connectivity index (χ2n) is 5.94. The van der Waals surface area contributed by atoms with Crippen molar-refractivity contribution in [2.24, 2.45) is 5.10 Å². The van der Waals surface area contributed by atoms with Crippen LogP contribution in [0.3, 0.4) is 0 Å². The molecule has 0 fully saturated rings. The van der Waals surface area contributed by atoms with Gasteiger partial charge in [0.15, 0.2) is 0 Å². The van der Waals surface area contributed by atoms with Crippen LogP contribution in [-0.2, 0) is 16.0 Å². The number of halogens is 2. The number of nitrogens with zero attached hydrogens (tertiary/aromatic N) is 1. The number of Topliss-reactive ketones (excluding diaryl/α,β-unsaturated/α-hetero) is 1. The van der Waals surface area contributed by atoms with Gasteiger partial charge in [-0.2, -0.15) is 5.10 Å². The molecule has 0 heterocycles. The number of fused-ring (bicyclic) bond motifs is 1. The molecule has 0 spiro atoms. The highest BCUT2D eigenvalue weighted by molar-refractivity contribution is 9.11. The van der Waals surface area contributed by atoms with Crippen molar-refractivity contribution in [1.29, 1.82) is 0 Å². The Bertz CT molecular complexity index is 1110. The lowest BCUT2D eigenvalue weighted by molar-refractivity contribution is -0.137. The molecule has 0 aliphatic heterocycles. The molecule has 0 aliphatic rings. The van der Waals surface area contributed by atoms with Gasteiger partial charge in [-0.1, -0.05) is 42.5 Å². The van der Waals surface area contributed by atoms with Crippen LogP contribution in [-0.4, -0.2) is 28.1 Å². The van der Waals surface area contributed by atoms with Gasteiger partial charge in [-0.25, -0.2) is 5.43 Å². The maximum atomic E-state index is 12.1. The van der Waals surface area contributed by atoms with Gasteiger partial charge < -0.3 is 10.2 Å². The molecule has 0 radical (unpaired) electrons. The zero-order chi connectivity index (χ0) is 20.3. The second-order valence-corrected chi connectivity index (χ2v) is 7.59. The number of carbonyl (C=O) groups excluding carboxylic acids is 2. The largest absolute Gasteiger partial charge is 0.506 e. The van der Waals surface area contributed by atoms with Gasteiger partial charge in [-0.05, 0) is 54.3 Å². The number of ketones is 1. The van der Waals surface area contributed by atoms with E-state index in [2.05, 4.69) is 42.4 Å². The fourth-order valence-corrected chi connectivity index (χ4v) is 3.71. The normalized spacial score (nSPS) is 11.1. The molecule has 3 aromatic rings. The zero-order valence-corrected chi connectivity index (χ0v) is 17.5. The number of hydrogen-bond donors (Lipinski definition) is 3. The minimum absolute atomic E-state index is 0.0479. The first-order valence-corrected chi connectivity index (χ1v) is 9.69. The van der Waals surface area contributed by atoms with Crippen LogP contribution in [0.5, 0.6) is 11.5 Å². The molecule has 0 aliphatic carbocycles. The summed E-state index contributed by atoms with van der Waals surface area (Å²) in [5.74, 6) is -1.91. The number of phenols is 2. The highest BCUT2D eigenvalue weighted by Gasteiger charge is 2.15. The summed E-state index contributed by atoms with van der Waals surface area (Å²) in [7, 11) is 0. The Morgan fingerprint density at radius 2 is 1.71 bits per heavy atom. The van der Waals surface area contributed by atoms with Crippen molar-refractivity contribution in [1.82, 2.24) is 5.43 Å². The van der Waals surface area contributed by atoms with Gasteiger partial charge in [-0.15, -0.1) is 0 Å². The first-order chi connectivity index (χ1) is 13.4. The maximum Gasteiger partial charge on any atom is 0.307 e. The summed E-state index contributed by atoms with van der Waals surface area (Å²) >= 11 is 6.18. The Morgan fingerprint density at radius 3 is 2.46 bits per heavy atom. The van der Waals surface area contributed by atoms with Crippen LogP contribution in [0, 0.1) is 0 Å². The van der Waals surface area contributed by atoms with Crippen molar-refractivity contribution in [2.75, 3.05) is 0 Å². The molecule has 0 aromatic heterocycles. The summed E-state index contributed by atoms with van der Waals surface area (Å²) < 4.78 is 0.416. The lowest BCUT2D eigenvalue weighted by Crippen LogP contribution is -2.28. The fraction of sp³-hybridized carbons (Fsp3) is 0.0500. The third-order valence-corrected chi connectivity index (χ3v) is 5.35. The summed E-state index contributed by atoms with van der Waals surface area (Å²) in [5.41, 5.74) is 3.11. The van der Waals surface area contributed by atoms with Crippen LogP contribution in [0.2, 0.25) is 0 Å². The number of amides is 1. The average molecular weight is 506 g/mol. The van der Waals surface area contributed by atoms with Gasteiger partial charge in [0.2, 0.25) is 5.78 Å². The van der Waals surface area contributed by atoms with Crippen LogP contribution >= 0.6 is 31.9 Å². The van der Waals surface area contributed by atoms with E-state index in [1.54, 1.807) is 6.07 Å². The van der Waals surface area contributed by atoms with E-state index in [1.165, 1.54) is 12.3 Å². The van der Waals surface area contributed by atoms with Crippen molar-refractivity contribution in [2.45, 2.75) is 6.42 Å². The summed E-state index contributed by atoms with van der Waals surface area (Å²) in [4.78, 5) is 24.1. The van der Waals surface area contributed by atoms with Crippen LogP contribution in [0.15, 0.2) is 62.6 Å². The van der Waals surface area contributed by atoms with Crippen molar-refractivity contribution in [3.63, 3.8) is 0 Å². The van der Waals surface area contributed by atoms with Gasteiger partial charge in [-0.3, -0.25) is 9.59 Å². The molecular formula is C20H14Br2N2O4. The van der Waals surface area contributed by atoms with Gasteiger partial charge in [0.05, 0.1) is 10.7 Å². The van der Waals surface area contributed by atoms with E-state index in [0.717, 1.165) is 16.3 Å². The number of aromatic hydroxyl groups is 2. The van der Waals surface area contributed by atoms with Gasteiger partial charge in [0.1, 0.15) is 16.0 Å². The van der Waals surface area contributed by atoms with E-state index in [4.69, 9.17) is 0 Å². The van der Waals surface area contributed by atoms with Crippen molar-refractivity contribution >= 4 is 60.5 Å². The smallest absolute Gasteiger partial charge is 0.307 e. The number of hydrogen-bond acceptors (Lipinski definition) is 5. The quantitative estimate of drug-likeness (QED) is 0.277. The van der Waals surface area contributed by atoms with E-state index < -0.39 is 11.7 Å². The highest BCUT2D eigenvalue weighted by atomic mass is 79.9. The SMILES string of the molecule is O=C(Cc1ccc2ccccc2c1)C(=O)N/N=C\c1cc(Br)c(O)c(Br)c1O. The Hall–Kier alpha value is -2.71. The number of phenolic OH excluding ortho intramolecular Hbond substituents is 2. The van der Waals surface area contributed by atoms with Crippen LogP contribution in [0.4, 0.5) is 0 Å². The number of hydrazone groups is 1. The Morgan fingerprint density at radius 1 is 1.00 bits per heavy atom. The molecule has 0 saturated carbocycles. The topological polar surface area (TPSA) is 99.0 Å². The monoisotopic (exact) mass is 504 g/mol. The standard InChI is InChI=1S/C20H14Br2N2O4/c21-15-9-14(18(26)17(22)19(15)27)10-23-24-20(28)16(25)8-11-5-6-12-3-1-2-4-13(12)7-11/h1-7,9-10,26-27H,8H2,(H,24,28)/b23-10-. The maximum absolute atomic E-state index is 12.1. The van der Waals surface area contributed by atoms with E-state index in [-0.39, 0.29) is 28.0 Å². The van der Waals surface area contributed by atoms with Crippen LogP contribution in [0.1, 0.15) is 11.1 Å². The molecule has 3 aromatic carbocycles. The van der Waals surface area contributed by atoms with Crippen molar-refractivity contribution in [3.8, 4) is 11.5 Å². The molecule has 8 heteroatoms. The van der Waals surface area contributed by atoms with E-state index in [9.17, 15) is 19.8 Å². The van der Waals surface area contributed by atoms with E-state index in [1.807, 2.05) is 36.4 Å². The predicted molar refractivity (Wildman–Crippen MR) is 114 cm³/mol. The zero-order valence-electron chi connectivity index (χ0n) is 14.3. The molecule has 3 N–H and O–H groups in total. The second kappa shape index (κ2) is 8.53. The lowest BCUT2D eigenvalue weighted by Gasteiger charge is -2.06. The van der Waals surface area contributed by atoms with Crippen LogP contribution in [0.25, 0.3) is 10.8 Å². The molecule has 0 atom stereocenters. The van der Waals surface area contributed by atoms with Gasteiger partial charge >= 0.3 is 5.91 Å². The first kappa shape index (κ1) is 20.0. The Balaban J connectivity index is 1.66. The fourth-order valence-electron chi connectivity index (χ4n) is 2.55. The van der Waals surface area contributed by atoms with E-state index in [0.29, 0.717) is 4.47 Å². The average Bonchev–Trinajstić information content (AvgIpc) is 2.69. The third-order valence-electron chi connectivity index (χ3n) is 4.00. The summed E-state index contributed by atoms with van der Waals surface area (Å²) in [6.45, 7) is 0. The third kappa shape index (κ3) is 4.40. The Kier molecular flexibility index (Phi) is 6.11. The van der Waals surface area contributed by atoms with Crippen molar-refractivity contribution < 1.29 is 19.8 Å². The minimum Gasteiger partial charge on any atom is -0.506 e. The minimum atomic E-state index is -0.860. The van der Waals surface area contributed by atoms with Gasteiger partial charge in [0, 0.05) is 12.0 Å². The molecule has 3 rings (SSSR count). The predicted octanol–water partition coefficient (Wildman–Crippen LogP) is 4.04. The number of rotatable bonds is 5. The lowest BCUT2D eigenvalue weighted by atomic mass is 10.0. The van der Waals surface area contributed by atoms with E-state index >= 15 is 0 Å². The number of nitrogens with one attached hydrogen (secondary N) is 1. The summed E-state index contributed by atoms with van der Waals surface area (Å²) in [5, 5.41) is 25.4. The molecule has 0 unspecified atom stereocenters. The molecule has 28 heavy (non-hydrogen) atoms.